The van der Waals surface area contributed by atoms with E-state index in [0.717, 1.165) is 23.3 Å². The van der Waals surface area contributed by atoms with Crippen molar-refractivity contribution in [2.75, 3.05) is 18.9 Å². The Morgan fingerprint density at radius 1 is 1.03 bits per heavy atom. The van der Waals surface area contributed by atoms with Crippen molar-refractivity contribution in [3.05, 3.63) is 90.0 Å². The van der Waals surface area contributed by atoms with Gasteiger partial charge in [0.2, 0.25) is 10.0 Å². The summed E-state index contributed by atoms with van der Waals surface area (Å²) in [6, 6.07) is 19.2. The molecule has 0 aromatic heterocycles. The van der Waals surface area contributed by atoms with Gasteiger partial charge in [0.25, 0.3) is 0 Å². The van der Waals surface area contributed by atoms with Crippen LogP contribution in [0.5, 0.6) is 0 Å². The molecule has 1 aliphatic rings. The number of ketones is 1. The zero-order valence-corrected chi connectivity index (χ0v) is 20.4. The van der Waals surface area contributed by atoms with E-state index in [2.05, 4.69) is 0 Å². The van der Waals surface area contributed by atoms with Gasteiger partial charge >= 0.3 is 0 Å². The Morgan fingerprint density at radius 3 is 2.37 bits per heavy atom. The summed E-state index contributed by atoms with van der Waals surface area (Å²) < 4.78 is 55.7. The predicted octanol–water partition coefficient (Wildman–Crippen LogP) is 4.82. The molecule has 0 bridgehead atoms. The Kier molecular flexibility index (Phi) is 8.01. The summed E-state index contributed by atoms with van der Waals surface area (Å²) in [4.78, 5) is 13.3. The number of sulfonamides is 1. The van der Waals surface area contributed by atoms with Crippen LogP contribution in [0.1, 0.15) is 24.3 Å². The van der Waals surface area contributed by atoms with E-state index in [0.29, 0.717) is 5.75 Å². The van der Waals surface area contributed by atoms with Crippen LogP contribution in [-0.4, -0.2) is 47.9 Å². The topological polar surface area (TPSA) is 74.7 Å². The first-order valence-electron chi connectivity index (χ1n) is 11.2. The SMILES string of the molecule is O=C(C[C@@H](CCO)c1ccc(F)cc1F)[C@@H]1SCCN1S(=O)(=O)c1ccc(-c2ccccc2)cc1. The Bertz CT molecular complexity index is 1280. The van der Waals surface area contributed by atoms with E-state index < -0.39 is 32.9 Å². The Balaban J connectivity index is 1.54. The fourth-order valence-electron chi connectivity index (χ4n) is 4.24. The lowest BCUT2D eigenvalue weighted by molar-refractivity contribution is -0.120. The summed E-state index contributed by atoms with van der Waals surface area (Å²) in [7, 11) is -3.94. The van der Waals surface area contributed by atoms with Gasteiger partial charge in [-0.15, -0.1) is 11.8 Å². The third-order valence-corrected chi connectivity index (χ3v) is 9.28. The highest BCUT2D eigenvalue weighted by Gasteiger charge is 2.40. The third-order valence-electron chi connectivity index (χ3n) is 6.02. The zero-order valence-electron chi connectivity index (χ0n) is 18.8. The van der Waals surface area contributed by atoms with E-state index >= 15 is 0 Å². The highest BCUT2D eigenvalue weighted by molar-refractivity contribution is 8.02. The molecule has 1 fully saturated rings. The first-order valence-corrected chi connectivity index (χ1v) is 13.7. The van der Waals surface area contributed by atoms with Crippen molar-refractivity contribution in [3.63, 3.8) is 0 Å². The molecule has 9 heteroatoms. The normalized spacial score (nSPS) is 17.4. The lowest BCUT2D eigenvalue weighted by Gasteiger charge is -2.24. The van der Waals surface area contributed by atoms with Crippen molar-refractivity contribution in [1.82, 2.24) is 4.31 Å². The summed E-state index contributed by atoms with van der Waals surface area (Å²) in [6.07, 6.45) is -0.0703. The van der Waals surface area contributed by atoms with Crippen LogP contribution in [0.25, 0.3) is 11.1 Å². The van der Waals surface area contributed by atoms with Gasteiger partial charge in [-0.25, -0.2) is 17.2 Å². The minimum absolute atomic E-state index is 0.0916. The van der Waals surface area contributed by atoms with Gasteiger partial charge in [0, 0.05) is 31.4 Å². The maximum atomic E-state index is 14.3. The maximum Gasteiger partial charge on any atom is 0.244 e. The lowest BCUT2D eigenvalue weighted by Crippen LogP contribution is -2.39. The second-order valence-corrected chi connectivity index (χ2v) is 11.4. The van der Waals surface area contributed by atoms with E-state index in [4.69, 9.17) is 0 Å². The number of aliphatic hydroxyl groups is 1. The molecule has 0 spiro atoms. The number of hydrogen-bond donors (Lipinski definition) is 1. The van der Waals surface area contributed by atoms with Crippen LogP contribution >= 0.6 is 11.8 Å². The molecule has 0 aliphatic carbocycles. The van der Waals surface area contributed by atoms with E-state index in [1.807, 2.05) is 30.3 Å². The fraction of sp³-hybridized carbons (Fsp3) is 0.269. The Labute approximate surface area is 207 Å². The number of halogens is 2. The molecule has 4 rings (SSSR count). The van der Waals surface area contributed by atoms with Gasteiger partial charge in [-0.05, 0) is 47.2 Å². The minimum Gasteiger partial charge on any atom is -0.396 e. The van der Waals surface area contributed by atoms with Gasteiger partial charge in [-0.1, -0.05) is 48.5 Å². The third kappa shape index (κ3) is 5.64. The first kappa shape index (κ1) is 25.5. The van der Waals surface area contributed by atoms with Gasteiger partial charge in [0.15, 0.2) is 5.78 Å². The Morgan fingerprint density at radius 2 is 1.71 bits per heavy atom. The molecule has 1 N–H and O–H groups in total. The maximum absolute atomic E-state index is 14.3. The van der Waals surface area contributed by atoms with Crippen molar-refractivity contribution in [1.29, 1.82) is 0 Å². The molecule has 2 atom stereocenters. The molecule has 1 heterocycles. The number of Topliss-reactive ketones (excluding diaryl/α,β-unsaturated/α-hetero) is 1. The fourth-order valence-corrected chi connectivity index (χ4v) is 7.41. The summed E-state index contributed by atoms with van der Waals surface area (Å²) in [5.41, 5.74) is 1.97. The molecule has 35 heavy (non-hydrogen) atoms. The van der Waals surface area contributed by atoms with Crippen molar-refractivity contribution in [2.24, 2.45) is 0 Å². The number of aliphatic hydroxyl groups excluding tert-OH is 1. The van der Waals surface area contributed by atoms with Gasteiger partial charge < -0.3 is 5.11 Å². The molecule has 5 nitrogen and oxygen atoms in total. The number of carbonyl (C=O) groups excluding carboxylic acids is 1. The number of carbonyl (C=O) groups is 1. The largest absolute Gasteiger partial charge is 0.396 e. The molecule has 0 amide bonds. The number of rotatable bonds is 9. The second kappa shape index (κ2) is 11.0. The smallest absolute Gasteiger partial charge is 0.244 e. The van der Waals surface area contributed by atoms with Crippen LogP contribution < -0.4 is 0 Å². The molecule has 0 unspecified atom stereocenters. The molecule has 3 aromatic carbocycles. The van der Waals surface area contributed by atoms with E-state index in [-0.39, 0.29) is 42.2 Å². The average molecular weight is 518 g/mol. The molecule has 184 valence electrons. The van der Waals surface area contributed by atoms with Crippen molar-refractivity contribution < 1.29 is 27.1 Å². The predicted molar refractivity (Wildman–Crippen MR) is 132 cm³/mol. The summed E-state index contributed by atoms with van der Waals surface area (Å²) in [5, 5.41) is 8.49. The minimum atomic E-state index is -3.94. The van der Waals surface area contributed by atoms with Gasteiger partial charge in [-0.2, -0.15) is 4.31 Å². The molecule has 1 saturated heterocycles. The van der Waals surface area contributed by atoms with Crippen molar-refractivity contribution in [2.45, 2.75) is 29.0 Å². The number of nitrogens with zero attached hydrogens (tertiary/aromatic N) is 1. The van der Waals surface area contributed by atoms with E-state index in [9.17, 15) is 27.1 Å². The van der Waals surface area contributed by atoms with Gasteiger partial charge in [-0.3, -0.25) is 4.79 Å². The molecule has 0 radical (unpaired) electrons. The van der Waals surface area contributed by atoms with Crippen LogP contribution in [0.4, 0.5) is 8.78 Å². The van der Waals surface area contributed by atoms with Crippen molar-refractivity contribution >= 4 is 27.6 Å². The van der Waals surface area contributed by atoms with E-state index in [1.54, 1.807) is 12.1 Å². The summed E-state index contributed by atoms with van der Waals surface area (Å²) in [5.74, 6) is -2.14. The highest BCUT2D eigenvalue weighted by atomic mass is 32.2. The van der Waals surface area contributed by atoms with Crippen LogP contribution in [0.15, 0.2) is 77.7 Å². The summed E-state index contributed by atoms with van der Waals surface area (Å²) in [6.45, 7) is -0.109. The first-order chi connectivity index (χ1) is 16.8. The lowest BCUT2D eigenvalue weighted by atomic mass is 9.90. The van der Waals surface area contributed by atoms with Gasteiger partial charge in [0.1, 0.15) is 17.0 Å². The average Bonchev–Trinajstić information content (AvgIpc) is 3.36. The second-order valence-electron chi connectivity index (χ2n) is 8.27. The van der Waals surface area contributed by atoms with Gasteiger partial charge in [0.05, 0.1) is 4.90 Å². The van der Waals surface area contributed by atoms with Crippen LogP contribution in [-0.2, 0) is 14.8 Å². The molecular weight excluding hydrogens is 492 g/mol. The van der Waals surface area contributed by atoms with E-state index in [1.165, 1.54) is 34.3 Å². The molecule has 3 aromatic rings. The highest BCUT2D eigenvalue weighted by Crippen LogP contribution is 2.35. The quantitative estimate of drug-likeness (QED) is 0.441. The summed E-state index contributed by atoms with van der Waals surface area (Å²) >= 11 is 1.22. The zero-order chi connectivity index (χ0) is 25.0. The molecule has 0 saturated carbocycles. The Hall–Kier alpha value is -2.59. The standard InChI is InChI=1S/C26H25F2NO4S2/c27-21-8-11-23(24(28)17-21)20(12-14-30)16-25(31)26-29(13-15-34-26)35(32,33)22-9-6-19(7-10-22)18-4-2-1-3-5-18/h1-11,17,20,26,30H,12-16H2/t20-,26+/m1/s1. The monoisotopic (exact) mass is 517 g/mol. The molecule has 1 aliphatic heterocycles. The molecular formula is C26H25F2NO4S2. The van der Waals surface area contributed by atoms with Crippen LogP contribution in [0.2, 0.25) is 0 Å². The van der Waals surface area contributed by atoms with Crippen LogP contribution in [0, 0.1) is 11.6 Å². The number of hydrogen-bond acceptors (Lipinski definition) is 5. The van der Waals surface area contributed by atoms with Crippen LogP contribution in [0.3, 0.4) is 0 Å². The number of thioether (sulfide) groups is 1. The van der Waals surface area contributed by atoms with Crippen molar-refractivity contribution in [3.8, 4) is 11.1 Å². The number of benzene rings is 3.